The summed E-state index contributed by atoms with van der Waals surface area (Å²) < 4.78 is 18.8. The summed E-state index contributed by atoms with van der Waals surface area (Å²) in [6.45, 7) is -0.129. The summed E-state index contributed by atoms with van der Waals surface area (Å²) in [4.78, 5) is 0. The highest BCUT2D eigenvalue weighted by molar-refractivity contribution is 5.46. The second-order valence-electron chi connectivity index (χ2n) is 4.16. The van der Waals surface area contributed by atoms with E-state index in [-0.39, 0.29) is 13.2 Å². The number of rotatable bonds is 3. The Morgan fingerprint density at radius 1 is 1.14 bits per heavy atom. The lowest BCUT2D eigenvalue weighted by atomic mass is 10.1. The molecule has 0 saturated heterocycles. The van der Waals surface area contributed by atoms with Crippen molar-refractivity contribution >= 4 is 0 Å². The fourth-order valence-corrected chi connectivity index (χ4v) is 1.77. The van der Waals surface area contributed by atoms with E-state index in [2.05, 4.69) is 17.9 Å². The minimum atomic E-state index is -0.429. The quantitative estimate of drug-likeness (QED) is 0.880. The van der Waals surface area contributed by atoms with Crippen LogP contribution in [0.3, 0.4) is 0 Å². The van der Waals surface area contributed by atoms with E-state index in [1.54, 1.807) is 18.2 Å². The molecule has 0 atom stereocenters. The van der Waals surface area contributed by atoms with Crippen molar-refractivity contribution in [1.29, 1.82) is 5.26 Å². The summed E-state index contributed by atoms with van der Waals surface area (Å²) >= 11 is 0. The predicted octanol–water partition coefficient (Wildman–Crippen LogP) is 2.62. The summed E-state index contributed by atoms with van der Waals surface area (Å²) in [5.41, 5.74) is 1.63. The van der Waals surface area contributed by atoms with Gasteiger partial charge >= 0.3 is 0 Å². The van der Waals surface area contributed by atoms with Crippen LogP contribution in [0.5, 0.6) is 5.75 Å². The summed E-state index contributed by atoms with van der Waals surface area (Å²) in [5, 5.41) is 17.7. The van der Waals surface area contributed by atoms with Crippen LogP contribution in [0.1, 0.15) is 16.7 Å². The molecular weight excluding hydrogens is 269 g/mol. The highest BCUT2D eigenvalue weighted by Gasteiger charge is 2.06. The van der Waals surface area contributed by atoms with E-state index in [0.717, 1.165) is 5.56 Å². The largest absolute Gasteiger partial charge is 0.488 e. The minimum Gasteiger partial charge on any atom is -0.488 e. The number of hydrogen-bond acceptors (Lipinski definition) is 3. The molecule has 0 spiro atoms. The van der Waals surface area contributed by atoms with Crippen LogP contribution < -0.4 is 4.74 Å². The number of hydrogen-bond donors (Lipinski definition) is 1. The first-order valence-electron chi connectivity index (χ1n) is 6.24. The Hall–Kier alpha value is -2.82. The molecule has 2 rings (SSSR count). The van der Waals surface area contributed by atoms with Crippen molar-refractivity contribution in [3.8, 4) is 23.7 Å². The van der Waals surface area contributed by atoms with E-state index in [9.17, 15) is 4.39 Å². The van der Waals surface area contributed by atoms with E-state index >= 15 is 0 Å². The maximum Gasteiger partial charge on any atom is 0.135 e. The monoisotopic (exact) mass is 281 g/mol. The number of halogens is 1. The van der Waals surface area contributed by atoms with E-state index in [1.165, 1.54) is 18.2 Å². The van der Waals surface area contributed by atoms with Crippen LogP contribution in [0.4, 0.5) is 4.39 Å². The van der Waals surface area contributed by atoms with Gasteiger partial charge in [0, 0.05) is 5.56 Å². The predicted molar refractivity (Wildman–Crippen MR) is 75.9 cm³/mol. The van der Waals surface area contributed by atoms with Crippen LogP contribution in [0.2, 0.25) is 0 Å². The Labute approximate surface area is 122 Å². The number of benzene rings is 2. The summed E-state index contributed by atoms with van der Waals surface area (Å²) in [5.74, 6) is 5.08. The van der Waals surface area contributed by atoms with Crippen LogP contribution in [0, 0.1) is 29.0 Å². The van der Waals surface area contributed by atoms with Gasteiger partial charge in [0.15, 0.2) is 0 Å². The zero-order valence-corrected chi connectivity index (χ0v) is 11.1. The molecule has 0 aliphatic rings. The lowest BCUT2D eigenvalue weighted by Gasteiger charge is -2.09. The molecule has 0 unspecified atom stereocenters. The van der Waals surface area contributed by atoms with Crippen molar-refractivity contribution in [2.45, 2.75) is 6.61 Å². The smallest absolute Gasteiger partial charge is 0.135 e. The average Bonchev–Trinajstić information content (AvgIpc) is 2.52. The van der Waals surface area contributed by atoms with Gasteiger partial charge in [0.05, 0.1) is 17.2 Å². The van der Waals surface area contributed by atoms with E-state index in [4.69, 9.17) is 15.1 Å². The zero-order valence-electron chi connectivity index (χ0n) is 11.1. The average molecular weight is 281 g/mol. The highest BCUT2D eigenvalue weighted by atomic mass is 19.1. The number of aliphatic hydroxyl groups excluding tert-OH is 1. The molecule has 2 aromatic rings. The first kappa shape index (κ1) is 14.6. The molecule has 0 aromatic heterocycles. The SMILES string of the molecule is N#Cc1ccccc1COc1ccc(F)cc1C#CCO. The standard InChI is InChI=1S/C17H12FNO2/c18-16-7-8-17(13(10-16)6-3-9-20)21-12-15-5-2-1-4-14(15)11-19/h1-2,4-5,7-8,10,20H,9,12H2. The van der Waals surface area contributed by atoms with Crippen LogP contribution >= 0.6 is 0 Å². The van der Waals surface area contributed by atoms with Crippen molar-refractivity contribution in [2.75, 3.05) is 6.61 Å². The first-order chi connectivity index (χ1) is 10.2. The third kappa shape index (κ3) is 3.82. The van der Waals surface area contributed by atoms with Gasteiger partial charge in [-0.2, -0.15) is 5.26 Å². The number of aliphatic hydroxyl groups is 1. The molecule has 2 aromatic carbocycles. The maximum atomic E-state index is 13.2. The van der Waals surface area contributed by atoms with E-state index in [0.29, 0.717) is 16.9 Å². The Morgan fingerprint density at radius 3 is 2.71 bits per heavy atom. The maximum absolute atomic E-state index is 13.2. The van der Waals surface area contributed by atoms with Gasteiger partial charge in [-0.05, 0) is 24.3 Å². The lowest BCUT2D eigenvalue weighted by molar-refractivity contribution is 0.304. The first-order valence-corrected chi connectivity index (χ1v) is 6.24. The molecule has 0 aliphatic heterocycles. The molecule has 3 nitrogen and oxygen atoms in total. The van der Waals surface area contributed by atoms with Crippen molar-refractivity contribution in [3.05, 3.63) is 65.0 Å². The lowest BCUT2D eigenvalue weighted by Crippen LogP contribution is -2.00. The minimum absolute atomic E-state index is 0.184. The topological polar surface area (TPSA) is 53.2 Å². The van der Waals surface area contributed by atoms with Crippen molar-refractivity contribution in [2.24, 2.45) is 0 Å². The van der Waals surface area contributed by atoms with Crippen LogP contribution in [0.25, 0.3) is 0 Å². The van der Waals surface area contributed by atoms with Gasteiger partial charge < -0.3 is 9.84 Å². The van der Waals surface area contributed by atoms with Crippen LogP contribution in [-0.2, 0) is 6.61 Å². The molecule has 0 heterocycles. The zero-order chi connectivity index (χ0) is 15.1. The van der Waals surface area contributed by atoms with E-state index < -0.39 is 5.82 Å². The molecule has 4 heteroatoms. The molecule has 104 valence electrons. The molecule has 0 saturated carbocycles. The second-order valence-corrected chi connectivity index (χ2v) is 4.16. The third-order valence-electron chi connectivity index (χ3n) is 2.76. The van der Waals surface area contributed by atoms with Gasteiger partial charge in [-0.3, -0.25) is 0 Å². The van der Waals surface area contributed by atoms with Gasteiger partial charge in [-0.25, -0.2) is 4.39 Å². The highest BCUT2D eigenvalue weighted by Crippen LogP contribution is 2.20. The molecule has 0 amide bonds. The molecule has 0 aliphatic carbocycles. The number of nitrogens with zero attached hydrogens (tertiary/aromatic N) is 1. The third-order valence-corrected chi connectivity index (χ3v) is 2.76. The molecule has 21 heavy (non-hydrogen) atoms. The van der Waals surface area contributed by atoms with Gasteiger partial charge in [0.25, 0.3) is 0 Å². The van der Waals surface area contributed by atoms with Crippen LogP contribution in [0.15, 0.2) is 42.5 Å². The summed E-state index contributed by atoms with van der Waals surface area (Å²) in [6.07, 6.45) is 0. The fraction of sp³-hybridized carbons (Fsp3) is 0.118. The Balaban J connectivity index is 2.22. The molecular formula is C17H12FNO2. The molecule has 0 bridgehead atoms. The fourth-order valence-electron chi connectivity index (χ4n) is 1.77. The Morgan fingerprint density at radius 2 is 1.95 bits per heavy atom. The molecule has 0 fully saturated rings. The number of nitriles is 1. The van der Waals surface area contributed by atoms with Crippen LogP contribution in [-0.4, -0.2) is 11.7 Å². The van der Waals surface area contributed by atoms with Gasteiger partial charge in [-0.1, -0.05) is 30.0 Å². The summed E-state index contributed by atoms with van der Waals surface area (Å²) in [7, 11) is 0. The van der Waals surface area contributed by atoms with Crippen molar-refractivity contribution < 1.29 is 14.2 Å². The number of ether oxygens (including phenoxy) is 1. The Kier molecular flexibility index (Phi) is 4.93. The summed E-state index contributed by atoms with van der Waals surface area (Å²) in [6, 6.07) is 13.2. The molecule has 0 radical (unpaired) electrons. The van der Waals surface area contributed by atoms with Crippen molar-refractivity contribution in [1.82, 2.24) is 0 Å². The normalized spacial score (nSPS) is 9.38. The van der Waals surface area contributed by atoms with Gasteiger partial charge in [0.2, 0.25) is 0 Å². The second kappa shape index (κ2) is 7.09. The Bertz CT molecular complexity index is 738. The van der Waals surface area contributed by atoms with E-state index in [1.807, 2.05) is 6.07 Å². The molecule has 1 N–H and O–H groups in total. The van der Waals surface area contributed by atoms with Gasteiger partial charge in [0.1, 0.15) is 24.8 Å². The van der Waals surface area contributed by atoms with Crippen molar-refractivity contribution in [3.63, 3.8) is 0 Å². The van der Waals surface area contributed by atoms with Gasteiger partial charge in [-0.15, -0.1) is 0 Å².